The Morgan fingerprint density at radius 2 is 1.92 bits per heavy atom. The molecule has 3 heterocycles. The largest absolute Gasteiger partial charge is 0.444 e. The number of thiophene rings is 1. The van der Waals surface area contributed by atoms with Crippen molar-refractivity contribution in [3.05, 3.63) is 72.4 Å². The number of carbonyl (C=O) groups excluding carboxylic acids is 1. The molecule has 1 saturated heterocycles. The third kappa shape index (κ3) is 8.09. The molecule has 0 radical (unpaired) electrons. The van der Waals surface area contributed by atoms with Gasteiger partial charge in [-0.25, -0.2) is 13.2 Å². The first-order valence-electron chi connectivity index (χ1n) is 13.0. The number of nitrogens with one attached hydrogen (secondary N) is 1. The lowest BCUT2D eigenvalue weighted by Crippen LogP contribution is -2.51. The van der Waals surface area contributed by atoms with Crippen LogP contribution in [0.15, 0.2) is 71.1 Å². The quantitative estimate of drug-likeness (QED) is 0.337. The minimum absolute atomic E-state index is 0.00932. The first-order chi connectivity index (χ1) is 18.7. The first-order valence-corrected chi connectivity index (χ1v) is 15.3. The van der Waals surface area contributed by atoms with Crippen LogP contribution in [0, 0.1) is 5.92 Å². The molecule has 39 heavy (non-hydrogen) atoms. The minimum atomic E-state index is -3.93. The summed E-state index contributed by atoms with van der Waals surface area (Å²) in [4.78, 5) is 17.7. The predicted octanol–water partition coefficient (Wildman–Crippen LogP) is 3.94. The molecule has 0 unspecified atom stereocenters. The van der Waals surface area contributed by atoms with E-state index in [2.05, 4.69) is 10.3 Å². The zero-order valence-electron chi connectivity index (χ0n) is 22.1. The minimum Gasteiger partial charge on any atom is -0.444 e. The topological polar surface area (TPSA) is 118 Å². The number of nitrogens with zero attached hydrogens (tertiary/aromatic N) is 2. The maximum atomic E-state index is 13.8. The summed E-state index contributed by atoms with van der Waals surface area (Å²) in [5.74, 6) is 0.00932. The van der Waals surface area contributed by atoms with Gasteiger partial charge in [0, 0.05) is 25.7 Å². The van der Waals surface area contributed by atoms with Crippen molar-refractivity contribution < 1.29 is 27.8 Å². The predicted molar refractivity (Wildman–Crippen MR) is 150 cm³/mol. The summed E-state index contributed by atoms with van der Waals surface area (Å²) in [5, 5.41) is 14.1. The van der Waals surface area contributed by atoms with Gasteiger partial charge in [0.1, 0.15) is 10.3 Å². The number of amides is 1. The third-order valence-corrected chi connectivity index (χ3v) is 9.69. The number of aromatic nitrogens is 1. The van der Waals surface area contributed by atoms with Crippen LogP contribution in [0.3, 0.4) is 0 Å². The van der Waals surface area contributed by atoms with E-state index in [1.165, 1.54) is 4.31 Å². The molecule has 0 aliphatic carbocycles. The van der Waals surface area contributed by atoms with Gasteiger partial charge >= 0.3 is 6.09 Å². The molecule has 1 fully saturated rings. The summed E-state index contributed by atoms with van der Waals surface area (Å²) in [6.07, 6.45) is 0.375. The van der Waals surface area contributed by atoms with E-state index < -0.39 is 28.3 Å². The molecule has 2 N–H and O–H groups in total. The smallest absolute Gasteiger partial charge is 0.407 e. The molecule has 0 spiro atoms. The van der Waals surface area contributed by atoms with Gasteiger partial charge in [-0.1, -0.05) is 50.2 Å². The molecule has 1 aliphatic rings. The molecule has 0 bridgehead atoms. The van der Waals surface area contributed by atoms with E-state index in [9.17, 15) is 18.3 Å². The van der Waals surface area contributed by atoms with Crippen LogP contribution in [0.2, 0.25) is 0 Å². The van der Waals surface area contributed by atoms with E-state index in [1.54, 1.807) is 24.4 Å². The molecule has 210 valence electrons. The summed E-state index contributed by atoms with van der Waals surface area (Å²) >= 11 is 1.14. The number of hydrogen-bond acceptors (Lipinski definition) is 8. The second kappa shape index (κ2) is 13.5. The molecular formula is C28H35N3O6S2. The number of sulfonamides is 1. The molecule has 1 aromatic carbocycles. The highest BCUT2D eigenvalue weighted by molar-refractivity contribution is 7.91. The highest BCUT2D eigenvalue weighted by atomic mass is 32.2. The monoisotopic (exact) mass is 573 g/mol. The molecule has 3 atom stereocenters. The van der Waals surface area contributed by atoms with Crippen molar-refractivity contribution in [1.82, 2.24) is 14.6 Å². The number of alkyl carbamates (subject to hydrolysis) is 1. The Hall–Kier alpha value is -2.83. The Morgan fingerprint density at radius 3 is 2.59 bits per heavy atom. The molecule has 3 aromatic rings. The molecular weight excluding hydrogens is 538 g/mol. The van der Waals surface area contributed by atoms with E-state index in [0.717, 1.165) is 21.8 Å². The Labute approximate surface area is 233 Å². The fourth-order valence-corrected chi connectivity index (χ4v) is 7.40. The average molecular weight is 574 g/mol. The lowest BCUT2D eigenvalue weighted by Gasteiger charge is -2.30. The molecule has 0 saturated carbocycles. The Balaban J connectivity index is 1.54. The number of aliphatic hydroxyl groups excluding tert-OH is 1. The van der Waals surface area contributed by atoms with Crippen LogP contribution in [-0.4, -0.2) is 73.5 Å². The SMILES string of the molecule is CC(C)CN(C[C@@H](O)[C@H](Cc1ccccc1)NC(=O)O[C@H]1CCOC1)S(=O)(=O)c1ccc(-c2ccccn2)s1. The van der Waals surface area contributed by atoms with Crippen molar-refractivity contribution in [2.24, 2.45) is 5.92 Å². The first kappa shape index (κ1) is 29.2. The van der Waals surface area contributed by atoms with Crippen molar-refractivity contribution in [2.75, 3.05) is 26.3 Å². The van der Waals surface area contributed by atoms with E-state index in [-0.39, 0.29) is 29.3 Å². The van der Waals surface area contributed by atoms with E-state index in [4.69, 9.17) is 9.47 Å². The van der Waals surface area contributed by atoms with Crippen molar-refractivity contribution in [3.63, 3.8) is 0 Å². The summed E-state index contributed by atoms with van der Waals surface area (Å²) in [5.41, 5.74) is 1.58. The summed E-state index contributed by atoms with van der Waals surface area (Å²) in [6.45, 7) is 4.72. The molecule has 9 nitrogen and oxygen atoms in total. The number of rotatable bonds is 12. The highest BCUT2D eigenvalue weighted by Crippen LogP contribution is 2.31. The van der Waals surface area contributed by atoms with Gasteiger partial charge in [-0.15, -0.1) is 11.3 Å². The van der Waals surface area contributed by atoms with Crippen molar-refractivity contribution in [1.29, 1.82) is 0 Å². The summed E-state index contributed by atoms with van der Waals surface area (Å²) < 4.78 is 39.7. The van der Waals surface area contributed by atoms with Crippen LogP contribution in [0.1, 0.15) is 25.8 Å². The van der Waals surface area contributed by atoms with Crippen LogP contribution >= 0.6 is 11.3 Å². The average Bonchev–Trinajstić information content (AvgIpc) is 3.62. The zero-order valence-corrected chi connectivity index (χ0v) is 23.7. The fourth-order valence-electron chi connectivity index (χ4n) is 4.34. The Kier molecular flexibility index (Phi) is 10.1. The Bertz CT molecular complexity index is 1300. The molecule has 4 rings (SSSR count). The Morgan fingerprint density at radius 1 is 1.15 bits per heavy atom. The molecule has 2 aromatic heterocycles. The van der Waals surface area contributed by atoms with Gasteiger partial charge in [-0.05, 0) is 42.2 Å². The summed E-state index contributed by atoms with van der Waals surface area (Å²) in [6, 6.07) is 17.4. The molecule has 1 amide bonds. The van der Waals surface area contributed by atoms with Gasteiger partial charge in [0.05, 0.1) is 35.9 Å². The van der Waals surface area contributed by atoms with Crippen LogP contribution in [0.5, 0.6) is 0 Å². The molecule has 11 heteroatoms. The van der Waals surface area contributed by atoms with Crippen LogP contribution in [-0.2, 0) is 25.9 Å². The molecule has 1 aliphatic heterocycles. The normalized spacial score (nSPS) is 17.3. The standard InChI is InChI=1S/C28H35N3O6S2/c1-20(2)17-31(39(34,35)27-12-11-26(38-27)23-10-6-7-14-29-23)18-25(32)24(16-21-8-4-3-5-9-21)30-28(33)37-22-13-15-36-19-22/h3-12,14,20,22,24-25,32H,13,15-19H2,1-2H3,(H,30,33)/t22-,24-,25+/m0/s1. The van der Waals surface area contributed by atoms with Crippen LogP contribution in [0.4, 0.5) is 4.79 Å². The lowest BCUT2D eigenvalue weighted by atomic mass is 10.0. The second-order valence-electron chi connectivity index (χ2n) is 9.95. The number of pyridine rings is 1. The highest BCUT2D eigenvalue weighted by Gasteiger charge is 2.33. The van der Waals surface area contributed by atoms with Gasteiger partial charge < -0.3 is 19.9 Å². The maximum absolute atomic E-state index is 13.8. The van der Waals surface area contributed by atoms with Crippen LogP contribution in [0.25, 0.3) is 10.6 Å². The number of hydrogen-bond donors (Lipinski definition) is 2. The van der Waals surface area contributed by atoms with Gasteiger partial charge in [-0.2, -0.15) is 4.31 Å². The summed E-state index contributed by atoms with van der Waals surface area (Å²) in [7, 11) is -3.93. The second-order valence-corrected chi connectivity index (χ2v) is 13.2. The maximum Gasteiger partial charge on any atom is 0.407 e. The van der Waals surface area contributed by atoms with Crippen molar-refractivity contribution in [3.8, 4) is 10.6 Å². The van der Waals surface area contributed by atoms with Crippen molar-refractivity contribution >= 4 is 27.5 Å². The van der Waals surface area contributed by atoms with Gasteiger partial charge in [0.15, 0.2) is 0 Å². The number of aliphatic hydroxyl groups is 1. The van der Waals surface area contributed by atoms with Crippen molar-refractivity contribution in [2.45, 2.75) is 49.1 Å². The van der Waals surface area contributed by atoms with Gasteiger partial charge in [0.25, 0.3) is 10.0 Å². The van der Waals surface area contributed by atoms with E-state index >= 15 is 0 Å². The van der Waals surface area contributed by atoms with Gasteiger partial charge in [-0.3, -0.25) is 4.98 Å². The fraction of sp³-hybridized carbons (Fsp3) is 0.429. The third-order valence-electron chi connectivity index (χ3n) is 6.28. The zero-order chi connectivity index (χ0) is 27.8. The van der Waals surface area contributed by atoms with E-state index in [0.29, 0.717) is 31.7 Å². The lowest BCUT2D eigenvalue weighted by molar-refractivity contribution is 0.0644. The number of carbonyl (C=O) groups is 1. The van der Waals surface area contributed by atoms with Crippen LogP contribution < -0.4 is 5.32 Å². The number of ether oxygens (including phenoxy) is 2. The van der Waals surface area contributed by atoms with Gasteiger partial charge in [0.2, 0.25) is 0 Å². The number of benzene rings is 1. The van der Waals surface area contributed by atoms with E-state index in [1.807, 2.05) is 56.3 Å².